The number of fused-ring (bicyclic) bond motifs is 2. The van der Waals surface area contributed by atoms with Crippen molar-refractivity contribution in [1.29, 1.82) is 0 Å². The number of amides is 1. The molecule has 5 heterocycles. The Hall–Kier alpha value is -4.95. The number of aromatic nitrogens is 2. The Morgan fingerprint density at radius 3 is 2.54 bits per heavy atom. The third-order valence-corrected chi connectivity index (χ3v) is 16.7. The molecule has 68 heavy (non-hydrogen) atoms. The number of piperidine rings is 1. The fourth-order valence-corrected chi connectivity index (χ4v) is 12.7. The summed E-state index contributed by atoms with van der Waals surface area (Å²) in [5.74, 6) is 2.88. The minimum absolute atomic E-state index is 0.197. The molecule has 12 nitrogen and oxygen atoms in total. The number of aromatic amines is 1. The summed E-state index contributed by atoms with van der Waals surface area (Å²) in [6, 6.07) is 24.5. The number of hydrogen-bond donors (Lipinski definition) is 6. The van der Waals surface area contributed by atoms with Gasteiger partial charge in [-0.15, -0.1) is 0 Å². The van der Waals surface area contributed by atoms with Crippen molar-refractivity contribution in [2.24, 2.45) is 11.3 Å². The van der Waals surface area contributed by atoms with Crippen LogP contribution in [0.2, 0.25) is 0 Å². The van der Waals surface area contributed by atoms with Crippen molar-refractivity contribution in [2.75, 3.05) is 48.3 Å². The number of rotatable bonds is 14. The lowest BCUT2D eigenvalue weighted by atomic mass is 9.59. The van der Waals surface area contributed by atoms with Gasteiger partial charge in [0, 0.05) is 60.0 Å². The van der Waals surface area contributed by atoms with E-state index in [4.69, 9.17) is 14.5 Å². The smallest absolute Gasteiger partial charge is 0.265 e. The highest BCUT2D eigenvalue weighted by atomic mass is 32.2. The molecule has 5 aromatic rings. The summed E-state index contributed by atoms with van der Waals surface area (Å²) in [7, 11) is 0. The second-order valence-electron chi connectivity index (χ2n) is 21.2. The zero-order valence-electron chi connectivity index (χ0n) is 40.6. The van der Waals surface area contributed by atoms with Crippen LogP contribution in [0.15, 0.2) is 77.8 Å². The first-order valence-electron chi connectivity index (χ1n) is 25.4. The molecule has 2 aliphatic carbocycles. The predicted molar refractivity (Wildman–Crippen MR) is 274 cm³/mol. The number of carbonyl (C=O) groups is 1. The van der Waals surface area contributed by atoms with Crippen molar-refractivity contribution in [3.05, 3.63) is 95.2 Å². The molecule has 1 spiro atoms. The van der Waals surface area contributed by atoms with Gasteiger partial charge in [-0.05, 0) is 173 Å². The highest BCUT2D eigenvalue weighted by molar-refractivity contribution is 7.98. The number of pyridine rings is 1. The number of nitrogens with zero attached hydrogens (tertiary/aromatic N) is 3. The Labute approximate surface area is 406 Å². The number of ether oxygens (including phenoxy) is 2. The van der Waals surface area contributed by atoms with Gasteiger partial charge in [-0.2, -0.15) is 0 Å². The van der Waals surface area contributed by atoms with Crippen LogP contribution in [0.3, 0.4) is 0 Å². The van der Waals surface area contributed by atoms with Crippen LogP contribution in [0, 0.1) is 11.3 Å². The van der Waals surface area contributed by atoms with Crippen molar-refractivity contribution < 1.29 is 24.5 Å². The average molecular weight is 942 g/mol. The normalized spacial score (nSPS) is 24.3. The number of aryl methyl sites for hydroxylation is 1. The first-order valence-corrected chi connectivity index (χ1v) is 26.2. The van der Waals surface area contributed by atoms with E-state index in [0.29, 0.717) is 64.5 Å². The molecular weight excluding hydrogens is 871 g/mol. The minimum atomic E-state index is -0.604. The molecular formula is C55H71N7O5S. The van der Waals surface area contributed by atoms with Gasteiger partial charge in [0.25, 0.3) is 5.91 Å². The highest BCUT2D eigenvalue weighted by Crippen LogP contribution is 2.54. The quantitative estimate of drug-likeness (QED) is 0.0591. The molecule has 10 rings (SSSR count). The van der Waals surface area contributed by atoms with Crippen molar-refractivity contribution >= 4 is 46.1 Å². The summed E-state index contributed by atoms with van der Waals surface area (Å²) in [4.78, 5) is 28.5. The molecule has 3 atom stereocenters. The van der Waals surface area contributed by atoms with E-state index in [0.717, 1.165) is 91.0 Å². The topological polar surface area (TPSA) is 147 Å². The Kier molecular flexibility index (Phi) is 13.4. The standard InChI is InChI=1S/C55H71N7O5S/c1-6-36-26-41(29-48-50(36)58-45(33-66-48)37-15-18-54(5,65)19-16-37)68-60-53(64)44-14-13-39(28-47(44)67-49-27-38-17-22-56-51(38)59-52(49)57-32-35(4)63)61-24-20-55(21-25-61)30-40(31-55)62-23-9-12-46(62)43-11-8-7-10-42(43)34(2)3/h7-8,10-11,13-14,17,22,26-29,34-35,37,40,45-46,58,63,65H,6,9,12,15-16,18-21,23-25,30-33H2,1-5H3,(H,60,64)(H2,56,57,59)/t35-,37?,45?,46+,54?/m0/s1. The van der Waals surface area contributed by atoms with E-state index in [1.165, 1.54) is 55.3 Å². The molecule has 0 bridgehead atoms. The van der Waals surface area contributed by atoms with Crippen molar-refractivity contribution in [1.82, 2.24) is 19.6 Å². The summed E-state index contributed by atoms with van der Waals surface area (Å²) in [6.45, 7) is 14.4. The van der Waals surface area contributed by atoms with Gasteiger partial charge in [0.15, 0.2) is 11.6 Å². The summed E-state index contributed by atoms with van der Waals surface area (Å²) in [5.41, 5.74) is 7.14. The largest absolute Gasteiger partial charge is 0.489 e. The van der Waals surface area contributed by atoms with Crippen molar-refractivity contribution in [3.63, 3.8) is 0 Å². The molecule has 13 heteroatoms. The van der Waals surface area contributed by atoms with Crippen LogP contribution in [0.4, 0.5) is 17.2 Å². The molecule has 3 aromatic carbocycles. The van der Waals surface area contributed by atoms with E-state index in [1.807, 2.05) is 43.5 Å². The third-order valence-electron chi connectivity index (χ3n) is 16.0. The van der Waals surface area contributed by atoms with Crippen LogP contribution < -0.4 is 29.7 Å². The summed E-state index contributed by atoms with van der Waals surface area (Å²) >= 11 is 1.28. The fourth-order valence-electron chi connectivity index (χ4n) is 12.0. The number of hydrogen-bond acceptors (Lipinski definition) is 11. The lowest BCUT2D eigenvalue weighted by Gasteiger charge is -2.56. The Morgan fingerprint density at radius 1 is 0.985 bits per heavy atom. The number of H-pyrrole nitrogens is 1. The lowest BCUT2D eigenvalue weighted by molar-refractivity contribution is -0.0227. The molecule has 1 amide bonds. The second-order valence-corrected chi connectivity index (χ2v) is 22.1. The van der Waals surface area contributed by atoms with Gasteiger partial charge in [-0.25, -0.2) is 4.98 Å². The molecule has 2 saturated carbocycles. The monoisotopic (exact) mass is 942 g/mol. The van der Waals surface area contributed by atoms with Gasteiger partial charge in [0.05, 0.1) is 29.0 Å². The second kappa shape index (κ2) is 19.4. The minimum Gasteiger partial charge on any atom is -0.489 e. The van der Waals surface area contributed by atoms with Crippen LogP contribution >= 0.6 is 11.9 Å². The Bertz CT molecular complexity index is 2570. The number of anilines is 3. The molecule has 1 unspecified atom stereocenters. The van der Waals surface area contributed by atoms with Crippen LogP contribution in [0.5, 0.6) is 17.2 Å². The molecule has 5 aliphatic rings. The van der Waals surface area contributed by atoms with E-state index in [2.05, 4.69) is 87.3 Å². The first kappa shape index (κ1) is 46.8. The van der Waals surface area contributed by atoms with Gasteiger partial charge in [0.1, 0.15) is 23.8 Å². The van der Waals surface area contributed by atoms with Crippen molar-refractivity contribution in [2.45, 2.75) is 146 Å². The summed E-state index contributed by atoms with van der Waals surface area (Å²) in [6.07, 6.45) is 12.9. The number of benzene rings is 3. The van der Waals surface area contributed by atoms with E-state index < -0.39 is 11.7 Å². The molecule has 362 valence electrons. The zero-order valence-corrected chi connectivity index (χ0v) is 41.4. The van der Waals surface area contributed by atoms with E-state index in [-0.39, 0.29) is 18.5 Å². The lowest BCUT2D eigenvalue weighted by Crippen LogP contribution is -2.54. The van der Waals surface area contributed by atoms with E-state index in [9.17, 15) is 15.0 Å². The number of nitrogens with one attached hydrogen (secondary N) is 4. The Balaban J connectivity index is 0.853. The first-order chi connectivity index (χ1) is 32.8. The van der Waals surface area contributed by atoms with Crippen LogP contribution in [-0.2, 0) is 6.42 Å². The molecule has 3 aliphatic heterocycles. The van der Waals surface area contributed by atoms with Crippen LogP contribution in [0.1, 0.15) is 138 Å². The maximum atomic E-state index is 14.4. The third kappa shape index (κ3) is 9.78. The van der Waals surface area contributed by atoms with Gasteiger partial charge < -0.3 is 40.2 Å². The summed E-state index contributed by atoms with van der Waals surface area (Å²) < 4.78 is 16.3. The highest BCUT2D eigenvalue weighted by Gasteiger charge is 2.50. The number of likely N-dealkylation sites (tertiary alicyclic amines) is 1. The zero-order chi connectivity index (χ0) is 47.2. The summed E-state index contributed by atoms with van der Waals surface area (Å²) in [5, 5.41) is 28.7. The predicted octanol–water partition coefficient (Wildman–Crippen LogP) is 11.0. The van der Waals surface area contributed by atoms with Gasteiger partial charge in [-0.3, -0.25) is 14.4 Å². The van der Waals surface area contributed by atoms with Crippen molar-refractivity contribution in [3.8, 4) is 17.2 Å². The molecule has 2 aromatic heterocycles. The molecule has 2 saturated heterocycles. The maximum absolute atomic E-state index is 14.4. The van der Waals surface area contributed by atoms with Crippen LogP contribution in [0.25, 0.3) is 11.0 Å². The van der Waals surface area contributed by atoms with Gasteiger partial charge >= 0.3 is 0 Å². The van der Waals surface area contributed by atoms with Gasteiger partial charge in [0.2, 0.25) is 0 Å². The average Bonchev–Trinajstić information content (AvgIpc) is 4.01. The fraction of sp³-hybridized carbons (Fsp3) is 0.527. The molecule has 6 N–H and O–H groups in total. The molecule has 0 radical (unpaired) electrons. The van der Waals surface area contributed by atoms with Gasteiger partial charge in [-0.1, -0.05) is 45.0 Å². The van der Waals surface area contributed by atoms with E-state index >= 15 is 0 Å². The number of aliphatic hydroxyl groups excluding tert-OH is 1. The number of aliphatic hydroxyl groups is 2. The maximum Gasteiger partial charge on any atom is 0.265 e. The number of carbonyl (C=O) groups excluding carboxylic acids is 1. The Morgan fingerprint density at radius 2 is 1.78 bits per heavy atom. The molecule has 4 fully saturated rings. The SMILES string of the molecule is CCc1cc(SNC(=O)c2ccc(N3CCC4(CC3)CC(N3CCC[C@@H]3c3ccccc3C(C)C)C4)cc2Oc2cc3cc[nH]c3nc2NC[C@H](C)O)cc2c1NC(C1CCC(C)(O)CC1)CO2. The van der Waals surface area contributed by atoms with E-state index in [1.54, 1.807) is 6.92 Å². The van der Waals surface area contributed by atoms with Crippen LogP contribution in [-0.4, -0.2) is 87.6 Å².